The summed E-state index contributed by atoms with van der Waals surface area (Å²) < 4.78 is 4.91. The summed E-state index contributed by atoms with van der Waals surface area (Å²) in [7, 11) is 1.64. The molecule has 0 atom stereocenters. The molecule has 21 heavy (non-hydrogen) atoms. The number of hydrogen-bond donors (Lipinski definition) is 2. The smallest absolute Gasteiger partial charge is 0.238 e. The topological polar surface area (TPSA) is 53.6 Å². The summed E-state index contributed by atoms with van der Waals surface area (Å²) in [4.78, 5) is 14.0. The van der Waals surface area contributed by atoms with Gasteiger partial charge in [0.05, 0.1) is 13.2 Å². The van der Waals surface area contributed by atoms with Crippen molar-refractivity contribution >= 4 is 17.3 Å². The van der Waals surface area contributed by atoms with Gasteiger partial charge < -0.3 is 20.3 Å². The van der Waals surface area contributed by atoms with Gasteiger partial charge in [-0.25, -0.2) is 0 Å². The average molecular weight is 293 g/mol. The van der Waals surface area contributed by atoms with Crippen LogP contribution >= 0.6 is 0 Å². The third-order valence-electron chi connectivity index (χ3n) is 3.22. The highest BCUT2D eigenvalue weighted by Crippen LogP contribution is 2.19. The summed E-state index contributed by atoms with van der Waals surface area (Å²) in [5.74, 6) is -0.0462. The van der Waals surface area contributed by atoms with Gasteiger partial charge in [0.25, 0.3) is 0 Å². The van der Waals surface area contributed by atoms with Gasteiger partial charge in [-0.3, -0.25) is 4.79 Å². The fourth-order valence-corrected chi connectivity index (χ4v) is 2.16. The van der Waals surface area contributed by atoms with Crippen LogP contribution < -0.4 is 15.5 Å². The third kappa shape index (κ3) is 6.14. The summed E-state index contributed by atoms with van der Waals surface area (Å²) in [5, 5.41) is 5.89. The number of amides is 1. The Balaban J connectivity index is 2.48. The zero-order valence-corrected chi connectivity index (χ0v) is 13.5. The number of nitrogens with one attached hydrogen (secondary N) is 2. The van der Waals surface area contributed by atoms with Crippen LogP contribution in [-0.2, 0) is 9.53 Å². The van der Waals surface area contributed by atoms with Crippen LogP contribution in [-0.4, -0.2) is 45.3 Å². The van der Waals surface area contributed by atoms with Crippen molar-refractivity contribution < 1.29 is 9.53 Å². The van der Waals surface area contributed by atoms with Gasteiger partial charge >= 0.3 is 0 Å². The highest BCUT2D eigenvalue weighted by molar-refractivity contribution is 5.92. The van der Waals surface area contributed by atoms with Crippen molar-refractivity contribution in [3.63, 3.8) is 0 Å². The zero-order valence-electron chi connectivity index (χ0n) is 13.5. The van der Waals surface area contributed by atoms with Gasteiger partial charge in [-0.05, 0) is 45.0 Å². The largest absolute Gasteiger partial charge is 0.383 e. The molecule has 0 fully saturated rings. The molecule has 0 saturated heterocycles. The average Bonchev–Trinajstić information content (AvgIpc) is 2.46. The summed E-state index contributed by atoms with van der Waals surface area (Å²) >= 11 is 0. The van der Waals surface area contributed by atoms with E-state index in [2.05, 4.69) is 36.3 Å². The first-order valence-corrected chi connectivity index (χ1v) is 7.44. The van der Waals surface area contributed by atoms with Crippen molar-refractivity contribution in [3.05, 3.63) is 24.3 Å². The Kier molecular flexibility index (Phi) is 7.79. The summed E-state index contributed by atoms with van der Waals surface area (Å²) in [6, 6.07) is 8.41. The lowest BCUT2D eigenvalue weighted by Gasteiger charge is -2.27. The van der Waals surface area contributed by atoms with Crippen LogP contribution in [0.4, 0.5) is 11.4 Å². The molecule has 5 nitrogen and oxygen atoms in total. The van der Waals surface area contributed by atoms with Gasteiger partial charge in [-0.15, -0.1) is 0 Å². The number of carbonyl (C=O) groups is 1. The molecule has 0 radical (unpaired) electrons. The second-order valence-corrected chi connectivity index (χ2v) is 5.14. The molecule has 1 rings (SSSR count). The van der Waals surface area contributed by atoms with E-state index in [0.29, 0.717) is 19.2 Å². The van der Waals surface area contributed by atoms with E-state index in [-0.39, 0.29) is 12.5 Å². The molecule has 0 heterocycles. The normalized spacial score (nSPS) is 10.7. The Morgan fingerprint density at radius 2 is 1.95 bits per heavy atom. The summed E-state index contributed by atoms with van der Waals surface area (Å²) in [5.41, 5.74) is 1.99. The van der Waals surface area contributed by atoms with Crippen molar-refractivity contribution in [1.29, 1.82) is 0 Å². The van der Waals surface area contributed by atoms with Gasteiger partial charge in [0.15, 0.2) is 0 Å². The maximum atomic E-state index is 11.7. The Morgan fingerprint density at radius 3 is 2.48 bits per heavy atom. The lowest BCUT2D eigenvalue weighted by Crippen LogP contribution is -2.31. The molecule has 0 aliphatic heterocycles. The van der Waals surface area contributed by atoms with Crippen LogP contribution in [0.2, 0.25) is 0 Å². The fourth-order valence-electron chi connectivity index (χ4n) is 2.16. The van der Waals surface area contributed by atoms with E-state index >= 15 is 0 Å². The Labute approximate surface area is 127 Å². The van der Waals surface area contributed by atoms with Crippen LogP contribution in [0.25, 0.3) is 0 Å². The number of methoxy groups -OCH3 is 1. The zero-order chi connectivity index (χ0) is 15.7. The molecule has 0 aliphatic rings. The molecule has 0 aliphatic carbocycles. The lowest BCUT2D eigenvalue weighted by atomic mass is 10.2. The van der Waals surface area contributed by atoms with E-state index in [4.69, 9.17) is 4.74 Å². The van der Waals surface area contributed by atoms with Crippen molar-refractivity contribution in [1.82, 2.24) is 5.32 Å². The molecule has 1 amide bonds. The van der Waals surface area contributed by atoms with Crippen LogP contribution in [0.5, 0.6) is 0 Å². The van der Waals surface area contributed by atoms with E-state index in [1.54, 1.807) is 7.11 Å². The van der Waals surface area contributed by atoms with Gasteiger partial charge in [0.2, 0.25) is 5.91 Å². The second kappa shape index (κ2) is 9.37. The van der Waals surface area contributed by atoms with Gasteiger partial charge in [-0.1, -0.05) is 0 Å². The van der Waals surface area contributed by atoms with Gasteiger partial charge in [0.1, 0.15) is 0 Å². The molecular weight excluding hydrogens is 266 g/mol. The number of hydrogen-bond acceptors (Lipinski definition) is 4. The number of rotatable bonds is 9. The molecule has 0 saturated carbocycles. The first kappa shape index (κ1) is 17.5. The van der Waals surface area contributed by atoms with E-state index in [1.807, 2.05) is 24.3 Å². The summed E-state index contributed by atoms with van der Waals surface area (Å²) in [6.45, 7) is 9.01. The molecule has 0 aromatic heterocycles. The van der Waals surface area contributed by atoms with Crippen LogP contribution in [0.1, 0.15) is 20.8 Å². The minimum Gasteiger partial charge on any atom is -0.383 e. The maximum absolute atomic E-state index is 11.7. The predicted molar refractivity (Wildman–Crippen MR) is 88.0 cm³/mol. The second-order valence-electron chi connectivity index (χ2n) is 5.14. The lowest BCUT2D eigenvalue weighted by molar-refractivity contribution is -0.115. The predicted octanol–water partition coefficient (Wildman–Crippen LogP) is 2.10. The van der Waals surface area contributed by atoms with Crippen molar-refractivity contribution in [3.8, 4) is 0 Å². The monoisotopic (exact) mass is 293 g/mol. The molecule has 1 aromatic rings. The number of benzene rings is 1. The molecule has 1 aromatic carbocycles. The molecule has 0 spiro atoms. The number of ether oxygens (including phenoxy) is 1. The first-order chi connectivity index (χ1) is 10.1. The molecule has 0 unspecified atom stereocenters. The number of carbonyl (C=O) groups excluding carboxylic acids is 1. The standard InChI is InChI=1S/C16H27N3O2/c1-5-19(13(2)3)15-8-6-14(7-9-15)18-16(20)12-17-10-11-21-4/h6-9,13,17H,5,10-12H2,1-4H3,(H,18,20). The van der Waals surface area contributed by atoms with E-state index in [1.165, 1.54) is 5.69 Å². The molecular formula is C16H27N3O2. The van der Waals surface area contributed by atoms with E-state index in [9.17, 15) is 4.79 Å². The SMILES string of the molecule is CCN(c1ccc(NC(=O)CNCCOC)cc1)C(C)C. The fraction of sp³-hybridized carbons (Fsp3) is 0.562. The van der Waals surface area contributed by atoms with Crippen LogP contribution in [0.15, 0.2) is 24.3 Å². The third-order valence-corrected chi connectivity index (χ3v) is 3.22. The minimum absolute atomic E-state index is 0.0462. The van der Waals surface area contributed by atoms with Crippen LogP contribution in [0.3, 0.4) is 0 Å². The van der Waals surface area contributed by atoms with E-state index in [0.717, 1.165) is 12.2 Å². The first-order valence-electron chi connectivity index (χ1n) is 7.44. The Hall–Kier alpha value is -1.59. The van der Waals surface area contributed by atoms with Crippen molar-refractivity contribution in [2.75, 3.05) is 43.6 Å². The molecule has 118 valence electrons. The summed E-state index contributed by atoms with van der Waals surface area (Å²) in [6.07, 6.45) is 0. The van der Waals surface area contributed by atoms with Crippen molar-refractivity contribution in [2.45, 2.75) is 26.8 Å². The number of nitrogens with zero attached hydrogens (tertiary/aromatic N) is 1. The quantitative estimate of drug-likeness (QED) is 0.685. The van der Waals surface area contributed by atoms with Crippen molar-refractivity contribution in [2.24, 2.45) is 0 Å². The maximum Gasteiger partial charge on any atom is 0.238 e. The molecule has 0 bridgehead atoms. The highest BCUT2D eigenvalue weighted by atomic mass is 16.5. The van der Waals surface area contributed by atoms with Gasteiger partial charge in [0, 0.05) is 37.6 Å². The van der Waals surface area contributed by atoms with E-state index < -0.39 is 0 Å². The molecule has 5 heteroatoms. The minimum atomic E-state index is -0.0462. The van der Waals surface area contributed by atoms with Crippen LogP contribution in [0, 0.1) is 0 Å². The van der Waals surface area contributed by atoms with Gasteiger partial charge in [-0.2, -0.15) is 0 Å². The molecule has 2 N–H and O–H groups in total. The highest BCUT2D eigenvalue weighted by Gasteiger charge is 2.08. The number of anilines is 2. The Bertz CT molecular complexity index is 418. The Morgan fingerprint density at radius 1 is 1.29 bits per heavy atom.